The zero-order valence-electron chi connectivity index (χ0n) is 6.21. The zero-order chi connectivity index (χ0) is 7.84. The lowest BCUT2D eigenvalue weighted by atomic mass is 10.0. The van der Waals surface area contributed by atoms with Crippen molar-refractivity contribution in [3.05, 3.63) is 0 Å². The summed E-state index contributed by atoms with van der Waals surface area (Å²) in [6.07, 6.45) is 1.23. The number of hydrogen-bond acceptors (Lipinski definition) is 2. The predicted octanol–water partition coefficient (Wildman–Crippen LogP) is 0.00440. The number of amides is 1. The zero-order valence-corrected chi connectivity index (χ0v) is 6.21. The smallest absolute Gasteiger partial charge is 0.404 e. The molecule has 1 heterocycles. The Morgan fingerprint density at radius 3 is 2.82 bits per heavy atom. The molecule has 1 aliphatic carbocycles. The van der Waals surface area contributed by atoms with Crippen molar-refractivity contribution in [2.45, 2.75) is 24.9 Å². The molecule has 11 heavy (non-hydrogen) atoms. The molecule has 0 aromatic carbocycles. The van der Waals surface area contributed by atoms with Gasteiger partial charge in [0, 0.05) is 18.6 Å². The summed E-state index contributed by atoms with van der Waals surface area (Å²) < 4.78 is 0. The van der Waals surface area contributed by atoms with Crippen LogP contribution in [0.4, 0.5) is 4.79 Å². The summed E-state index contributed by atoms with van der Waals surface area (Å²) >= 11 is 0. The highest BCUT2D eigenvalue weighted by molar-refractivity contribution is 5.65. The first-order valence-electron chi connectivity index (χ1n) is 3.98. The van der Waals surface area contributed by atoms with Crippen LogP contribution in [0.15, 0.2) is 0 Å². The molecule has 2 aliphatic rings. The first-order chi connectivity index (χ1) is 5.25. The topological polar surface area (TPSA) is 61.4 Å². The highest BCUT2D eigenvalue weighted by Gasteiger charge is 2.39. The molecule has 2 bridgehead atoms. The highest BCUT2D eigenvalue weighted by atomic mass is 16.4. The van der Waals surface area contributed by atoms with Gasteiger partial charge < -0.3 is 15.7 Å². The van der Waals surface area contributed by atoms with Crippen LogP contribution in [0, 0.1) is 5.92 Å². The van der Waals surface area contributed by atoms with E-state index in [-0.39, 0.29) is 6.04 Å². The molecule has 2 rings (SSSR count). The Morgan fingerprint density at radius 2 is 2.36 bits per heavy atom. The fraction of sp³-hybridized carbons (Fsp3) is 0.857. The van der Waals surface area contributed by atoms with E-state index in [0.717, 1.165) is 19.4 Å². The van der Waals surface area contributed by atoms with Crippen molar-refractivity contribution in [2.24, 2.45) is 5.92 Å². The van der Waals surface area contributed by atoms with Crippen LogP contribution in [0.2, 0.25) is 0 Å². The van der Waals surface area contributed by atoms with Crippen molar-refractivity contribution in [1.29, 1.82) is 0 Å². The van der Waals surface area contributed by atoms with E-state index in [2.05, 4.69) is 10.6 Å². The van der Waals surface area contributed by atoms with Crippen LogP contribution in [-0.4, -0.2) is 29.8 Å². The second kappa shape index (κ2) is 2.37. The summed E-state index contributed by atoms with van der Waals surface area (Å²) in [6.45, 7) is 0.982. The van der Waals surface area contributed by atoms with Crippen molar-refractivity contribution in [2.75, 3.05) is 6.54 Å². The van der Waals surface area contributed by atoms with Crippen LogP contribution in [0.3, 0.4) is 0 Å². The van der Waals surface area contributed by atoms with Gasteiger partial charge in [0.15, 0.2) is 0 Å². The Bertz CT molecular complexity index is 183. The maximum absolute atomic E-state index is 10.3. The minimum Gasteiger partial charge on any atom is -0.465 e. The maximum atomic E-state index is 10.3. The number of carboxylic acid groups (broad SMARTS) is 1. The van der Waals surface area contributed by atoms with Gasteiger partial charge in [0.25, 0.3) is 0 Å². The van der Waals surface area contributed by atoms with Gasteiger partial charge in [0.1, 0.15) is 0 Å². The lowest BCUT2D eigenvalue weighted by Crippen LogP contribution is -2.43. The number of nitrogens with one attached hydrogen (secondary N) is 2. The number of hydrogen-bond donors (Lipinski definition) is 3. The van der Waals surface area contributed by atoms with E-state index in [4.69, 9.17) is 5.11 Å². The lowest BCUT2D eigenvalue weighted by Gasteiger charge is -2.21. The standard InChI is InChI=1S/C7H12N2O2/c10-7(11)9-6-2-5-1-4(6)3-8-5/h4-6,8-9H,1-3H2,(H,10,11)/t4-,5+,6-/m1/s1. The number of rotatable bonds is 1. The van der Waals surface area contributed by atoms with Crippen LogP contribution < -0.4 is 10.6 Å². The van der Waals surface area contributed by atoms with E-state index in [1.165, 1.54) is 0 Å². The van der Waals surface area contributed by atoms with Crippen LogP contribution in [0.1, 0.15) is 12.8 Å². The summed E-state index contributed by atoms with van der Waals surface area (Å²) in [5.74, 6) is 0.538. The molecule has 4 heteroatoms. The molecule has 1 saturated heterocycles. The molecule has 0 aromatic rings. The number of fused-ring (bicyclic) bond motifs is 2. The average Bonchev–Trinajstić information content (AvgIpc) is 2.45. The highest BCUT2D eigenvalue weighted by Crippen LogP contribution is 2.30. The summed E-state index contributed by atoms with van der Waals surface area (Å²) in [6, 6.07) is 0.774. The van der Waals surface area contributed by atoms with Crippen molar-refractivity contribution in [3.8, 4) is 0 Å². The summed E-state index contributed by atoms with van der Waals surface area (Å²) in [4.78, 5) is 10.3. The number of piperidine rings is 1. The van der Waals surface area contributed by atoms with E-state index in [0.29, 0.717) is 12.0 Å². The Kier molecular flexibility index (Phi) is 1.49. The first kappa shape index (κ1) is 6.91. The molecule has 1 aliphatic heterocycles. The van der Waals surface area contributed by atoms with Crippen molar-refractivity contribution in [1.82, 2.24) is 10.6 Å². The van der Waals surface area contributed by atoms with Crippen molar-refractivity contribution in [3.63, 3.8) is 0 Å². The second-order valence-electron chi connectivity index (χ2n) is 3.39. The van der Waals surface area contributed by atoms with Crippen LogP contribution in [-0.2, 0) is 0 Å². The van der Waals surface area contributed by atoms with Gasteiger partial charge >= 0.3 is 6.09 Å². The molecule has 4 nitrogen and oxygen atoms in total. The minimum absolute atomic E-state index is 0.207. The second-order valence-corrected chi connectivity index (χ2v) is 3.39. The van der Waals surface area contributed by atoms with Gasteiger partial charge in [-0.1, -0.05) is 0 Å². The molecule has 1 saturated carbocycles. The van der Waals surface area contributed by atoms with Gasteiger partial charge in [0.2, 0.25) is 0 Å². The fourth-order valence-corrected chi connectivity index (χ4v) is 2.17. The van der Waals surface area contributed by atoms with Gasteiger partial charge in [-0.25, -0.2) is 4.79 Å². The quantitative estimate of drug-likeness (QED) is 0.501. The molecule has 3 N–H and O–H groups in total. The van der Waals surface area contributed by atoms with E-state index in [1.807, 2.05) is 0 Å². The molecule has 0 radical (unpaired) electrons. The third-order valence-corrected chi connectivity index (χ3v) is 2.67. The predicted molar refractivity (Wildman–Crippen MR) is 39.5 cm³/mol. The summed E-state index contributed by atoms with van der Waals surface area (Å²) in [5.41, 5.74) is 0. The fourth-order valence-electron chi connectivity index (χ4n) is 2.17. The van der Waals surface area contributed by atoms with Gasteiger partial charge in [-0.05, 0) is 18.8 Å². The molecule has 2 fully saturated rings. The molecule has 1 amide bonds. The van der Waals surface area contributed by atoms with Crippen LogP contribution in [0.25, 0.3) is 0 Å². The molecule has 0 unspecified atom stereocenters. The van der Waals surface area contributed by atoms with Gasteiger partial charge in [-0.15, -0.1) is 0 Å². The maximum Gasteiger partial charge on any atom is 0.404 e. The van der Waals surface area contributed by atoms with E-state index < -0.39 is 6.09 Å². The average molecular weight is 156 g/mol. The number of carbonyl (C=O) groups is 1. The Morgan fingerprint density at radius 1 is 1.55 bits per heavy atom. The lowest BCUT2D eigenvalue weighted by molar-refractivity contribution is 0.185. The Labute approximate surface area is 65.0 Å². The molecule has 0 spiro atoms. The van der Waals surface area contributed by atoms with E-state index in [9.17, 15) is 4.79 Å². The Balaban J connectivity index is 1.92. The monoisotopic (exact) mass is 156 g/mol. The van der Waals surface area contributed by atoms with Gasteiger partial charge in [-0.3, -0.25) is 0 Å². The molecule has 62 valence electrons. The molecule has 0 aromatic heterocycles. The summed E-state index contributed by atoms with van der Waals surface area (Å²) in [7, 11) is 0. The third kappa shape index (κ3) is 1.18. The van der Waals surface area contributed by atoms with E-state index in [1.54, 1.807) is 0 Å². The first-order valence-corrected chi connectivity index (χ1v) is 3.98. The molecular weight excluding hydrogens is 144 g/mol. The third-order valence-electron chi connectivity index (χ3n) is 2.67. The molecule has 3 atom stereocenters. The van der Waals surface area contributed by atoms with Crippen molar-refractivity contribution < 1.29 is 9.90 Å². The Hall–Kier alpha value is -0.770. The van der Waals surface area contributed by atoms with Gasteiger partial charge in [0.05, 0.1) is 0 Å². The van der Waals surface area contributed by atoms with Crippen LogP contribution >= 0.6 is 0 Å². The summed E-state index contributed by atoms with van der Waals surface area (Å²) in [5, 5.41) is 14.3. The van der Waals surface area contributed by atoms with Gasteiger partial charge in [-0.2, -0.15) is 0 Å². The van der Waals surface area contributed by atoms with Crippen LogP contribution in [0.5, 0.6) is 0 Å². The largest absolute Gasteiger partial charge is 0.465 e. The van der Waals surface area contributed by atoms with E-state index >= 15 is 0 Å². The normalized spacial score (nSPS) is 40.9. The minimum atomic E-state index is -0.887. The molecular formula is C7H12N2O2. The SMILES string of the molecule is O=C(O)N[C@@H]1C[C@@H]2C[C@@H]1CN2. The van der Waals surface area contributed by atoms with Crippen molar-refractivity contribution >= 4 is 6.09 Å².